The van der Waals surface area contributed by atoms with Crippen LogP contribution in [0.4, 0.5) is 0 Å². The summed E-state index contributed by atoms with van der Waals surface area (Å²) < 4.78 is 36.7. The van der Waals surface area contributed by atoms with E-state index < -0.39 is 29.6 Å². The lowest BCUT2D eigenvalue weighted by molar-refractivity contribution is 0.178. The van der Waals surface area contributed by atoms with Crippen molar-refractivity contribution in [2.75, 3.05) is 19.6 Å². The van der Waals surface area contributed by atoms with Gasteiger partial charge in [-0.3, -0.25) is 4.90 Å². The van der Waals surface area contributed by atoms with Crippen molar-refractivity contribution in [3.8, 4) is 0 Å². The molecule has 3 atom stereocenters. The van der Waals surface area contributed by atoms with E-state index in [0.717, 1.165) is 25.1 Å². The first-order valence-electron chi connectivity index (χ1n) is 12.2. The van der Waals surface area contributed by atoms with E-state index in [1.165, 1.54) is 0 Å². The van der Waals surface area contributed by atoms with Crippen LogP contribution in [0.2, 0.25) is 33.2 Å². The molecule has 2 aromatic rings. The van der Waals surface area contributed by atoms with Gasteiger partial charge >= 0.3 is 0 Å². The number of rotatable bonds is 9. The highest BCUT2D eigenvalue weighted by Gasteiger charge is 2.41. The Morgan fingerprint density at radius 2 is 1.69 bits per heavy atom. The van der Waals surface area contributed by atoms with Gasteiger partial charge in [-0.2, -0.15) is 0 Å². The van der Waals surface area contributed by atoms with E-state index in [4.69, 9.17) is 39.2 Å². The van der Waals surface area contributed by atoms with Gasteiger partial charge in [-0.25, -0.2) is 13.1 Å². The molecule has 0 saturated carbocycles. The van der Waals surface area contributed by atoms with E-state index in [9.17, 15) is 8.42 Å². The molecule has 1 fully saturated rings. The average molecular weight is 592 g/mol. The second kappa shape index (κ2) is 11.6. The van der Waals surface area contributed by atoms with E-state index in [0.29, 0.717) is 12.1 Å². The fourth-order valence-corrected chi connectivity index (χ4v) is 7.92. The quantitative estimate of drug-likeness (QED) is 0.243. The Kier molecular flexibility index (Phi) is 9.65. The van der Waals surface area contributed by atoms with Gasteiger partial charge in [0.1, 0.15) is 5.25 Å². The first-order chi connectivity index (χ1) is 16.6. The molecule has 0 aliphatic carbocycles. The fourth-order valence-electron chi connectivity index (χ4n) is 4.18. The topological polar surface area (TPSA) is 58.6 Å². The lowest BCUT2D eigenvalue weighted by Crippen LogP contribution is -2.45. The van der Waals surface area contributed by atoms with Crippen molar-refractivity contribution in [1.29, 1.82) is 0 Å². The lowest BCUT2D eigenvalue weighted by Gasteiger charge is -2.38. The third-order valence-electron chi connectivity index (χ3n) is 7.40. The number of likely N-dealkylation sites (tertiary alicyclic amines) is 1. The molecule has 1 aliphatic rings. The van der Waals surface area contributed by atoms with Crippen LogP contribution in [0.5, 0.6) is 0 Å². The van der Waals surface area contributed by atoms with Gasteiger partial charge in [0.25, 0.3) is 0 Å². The molecule has 0 bridgehead atoms. The van der Waals surface area contributed by atoms with Crippen molar-refractivity contribution < 1.29 is 12.8 Å². The van der Waals surface area contributed by atoms with Gasteiger partial charge in [-0.15, -0.1) is 0 Å². The molecule has 2 aromatic carbocycles. The predicted octanol–water partition coefficient (Wildman–Crippen LogP) is 7.46. The van der Waals surface area contributed by atoms with Gasteiger partial charge in [0.05, 0.1) is 22.2 Å². The molecule has 1 N–H and O–H groups in total. The zero-order valence-electron chi connectivity index (χ0n) is 21.8. The van der Waals surface area contributed by atoms with Gasteiger partial charge in [0.15, 0.2) is 8.32 Å². The smallest absolute Gasteiger partial charge is 0.219 e. The molecule has 1 saturated heterocycles. The molecular weight excluding hydrogens is 555 g/mol. The van der Waals surface area contributed by atoms with Gasteiger partial charge < -0.3 is 4.43 Å². The maximum Gasteiger partial charge on any atom is 0.219 e. The van der Waals surface area contributed by atoms with E-state index in [1.807, 2.05) is 30.3 Å². The van der Waals surface area contributed by atoms with Gasteiger partial charge in [-0.1, -0.05) is 85.9 Å². The Labute approximate surface area is 232 Å². The number of hydrogen-bond acceptors (Lipinski definition) is 4. The zero-order chi connectivity index (χ0) is 26.9. The summed E-state index contributed by atoms with van der Waals surface area (Å²) in [4.78, 5) is 2.28. The van der Waals surface area contributed by atoms with Crippen molar-refractivity contribution in [2.24, 2.45) is 0 Å². The van der Waals surface area contributed by atoms with Crippen LogP contribution in [0.1, 0.15) is 56.5 Å². The van der Waals surface area contributed by atoms with Crippen LogP contribution in [-0.2, 0) is 14.4 Å². The minimum absolute atomic E-state index is 0.141. The maximum absolute atomic E-state index is 13.6. The molecule has 200 valence electrons. The minimum atomic E-state index is -3.85. The second-order valence-electron chi connectivity index (χ2n) is 11.1. The van der Waals surface area contributed by atoms with Crippen LogP contribution >= 0.6 is 34.8 Å². The molecule has 0 aromatic heterocycles. The Hall–Kier alpha value is -0.643. The molecule has 36 heavy (non-hydrogen) atoms. The number of benzene rings is 2. The number of nitrogens with zero attached hydrogens (tertiary/aromatic N) is 1. The van der Waals surface area contributed by atoms with E-state index in [1.54, 1.807) is 19.1 Å². The molecule has 0 amide bonds. The standard InChI is InChI=1S/C26H37Cl3N2O3SSi/c1-18(24-21(27)12-13-22(28)25(24)29)35(32,33)30-23(19-10-8-7-9-11-19)17-31-15-14-20(16-31)34-36(5,6)26(2,3)4/h7-13,18,20,23,30H,14-17H2,1-6H3. The first kappa shape index (κ1) is 29.9. The Morgan fingerprint density at radius 3 is 2.31 bits per heavy atom. The Balaban J connectivity index is 1.80. The van der Waals surface area contributed by atoms with Crippen LogP contribution < -0.4 is 4.72 Å². The number of nitrogens with one attached hydrogen (secondary N) is 1. The Bertz CT molecular complexity index is 1160. The van der Waals surface area contributed by atoms with Gasteiger partial charge in [0.2, 0.25) is 10.0 Å². The van der Waals surface area contributed by atoms with Crippen LogP contribution in [0.25, 0.3) is 0 Å². The second-order valence-corrected chi connectivity index (χ2v) is 19.1. The summed E-state index contributed by atoms with van der Waals surface area (Å²) in [7, 11) is -5.74. The van der Waals surface area contributed by atoms with Crippen LogP contribution in [0, 0.1) is 0 Å². The maximum atomic E-state index is 13.6. The Morgan fingerprint density at radius 1 is 1.08 bits per heavy atom. The first-order valence-corrected chi connectivity index (χ1v) is 17.8. The third kappa shape index (κ3) is 7.06. The number of sulfonamides is 1. The van der Waals surface area contributed by atoms with Crippen molar-refractivity contribution in [2.45, 2.75) is 69.6 Å². The van der Waals surface area contributed by atoms with Crippen LogP contribution in [-0.4, -0.2) is 47.4 Å². The van der Waals surface area contributed by atoms with E-state index in [-0.39, 0.29) is 26.2 Å². The minimum Gasteiger partial charge on any atom is -0.413 e. The van der Waals surface area contributed by atoms with Crippen molar-refractivity contribution in [1.82, 2.24) is 9.62 Å². The zero-order valence-corrected chi connectivity index (χ0v) is 25.9. The summed E-state index contributed by atoms with van der Waals surface area (Å²) in [6.45, 7) is 15.0. The van der Waals surface area contributed by atoms with Crippen LogP contribution in [0.15, 0.2) is 42.5 Å². The highest BCUT2D eigenvalue weighted by Crippen LogP contribution is 2.40. The van der Waals surface area contributed by atoms with Crippen molar-refractivity contribution in [3.63, 3.8) is 0 Å². The van der Waals surface area contributed by atoms with Gasteiger partial charge in [-0.05, 0) is 49.2 Å². The van der Waals surface area contributed by atoms with Crippen molar-refractivity contribution in [3.05, 3.63) is 68.7 Å². The molecule has 3 unspecified atom stereocenters. The highest BCUT2D eigenvalue weighted by atomic mass is 35.5. The summed E-state index contributed by atoms with van der Waals surface area (Å²) in [5.74, 6) is 0. The predicted molar refractivity (Wildman–Crippen MR) is 154 cm³/mol. The number of halogens is 3. The summed E-state index contributed by atoms with van der Waals surface area (Å²) >= 11 is 18.9. The summed E-state index contributed by atoms with van der Waals surface area (Å²) in [6, 6.07) is 12.3. The monoisotopic (exact) mass is 590 g/mol. The lowest BCUT2D eigenvalue weighted by atomic mass is 10.1. The molecule has 3 rings (SSSR count). The SMILES string of the molecule is CC(c1c(Cl)ccc(Cl)c1Cl)S(=O)(=O)NC(CN1CCC(O[Si](C)(C)C(C)(C)C)C1)c1ccccc1. The van der Waals surface area contributed by atoms with Crippen LogP contribution in [0.3, 0.4) is 0 Å². The third-order valence-corrected chi connectivity index (χ3v) is 14.9. The highest BCUT2D eigenvalue weighted by molar-refractivity contribution is 7.89. The summed E-state index contributed by atoms with van der Waals surface area (Å²) in [6.07, 6.45) is 1.09. The van der Waals surface area contributed by atoms with E-state index >= 15 is 0 Å². The molecule has 0 radical (unpaired) electrons. The van der Waals surface area contributed by atoms with E-state index in [2.05, 4.69) is 43.5 Å². The molecule has 1 aliphatic heterocycles. The molecule has 5 nitrogen and oxygen atoms in total. The molecule has 0 spiro atoms. The molecule has 1 heterocycles. The van der Waals surface area contributed by atoms with Crippen molar-refractivity contribution >= 4 is 53.1 Å². The van der Waals surface area contributed by atoms with Gasteiger partial charge in [0, 0.05) is 30.2 Å². The summed E-state index contributed by atoms with van der Waals surface area (Å²) in [5.41, 5.74) is 1.19. The largest absolute Gasteiger partial charge is 0.413 e. The fraction of sp³-hybridized carbons (Fsp3) is 0.538. The number of hydrogen-bond donors (Lipinski definition) is 1. The average Bonchev–Trinajstić information content (AvgIpc) is 3.21. The molecule has 10 heteroatoms. The molecular formula is C26H37Cl3N2O3SSi. The summed E-state index contributed by atoms with van der Waals surface area (Å²) in [5, 5.41) is -0.160. The normalized spacial score (nSPS) is 19.4.